The third-order valence-electron chi connectivity index (χ3n) is 4.63. The Bertz CT molecular complexity index is 421. The molecule has 0 radical (unpaired) electrons. The number of rotatable bonds is 4. The highest BCUT2D eigenvalue weighted by atomic mass is 35.5. The lowest BCUT2D eigenvalue weighted by Crippen LogP contribution is -2.43. The zero-order valence-corrected chi connectivity index (χ0v) is 13.7. The molecule has 0 aliphatic carbocycles. The molecule has 0 saturated carbocycles. The first kappa shape index (κ1) is 15.8. The molecule has 1 fully saturated rings. The van der Waals surface area contributed by atoms with Crippen LogP contribution in [0.2, 0.25) is 5.02 Å². The largest absolute Gasteiger partial charge is 0.312 e. The van der Waals surface area contributed by atoms with E-state index in [-0.39, 0.29) is 0 Å². The second-order valence-electron chi connectivity index (χ2n) is 6.14. The highest BCUT2D eigenvalue weighted by Gasteiger charge is 2.25. The van der Waals surface area contributed by atoms with Gasteiger partial charge in [0.15, 0.2) is 0 Å². The summed E-state index contributed by atoms with van der Waals surface area (Å²) in [6.45, 7) is 10.2. The number of hydrogen-bond acceptors (Lipinski definition) is 2. The van der Waals surface area contributed by atoms with Crippen LogP contribution in [0.25, 0.3) is 0 Å². The summed E-state index contributed by atoms with van der Waals surface area (Å²) in [6, 6.07) is 9.48. The van der Waals surface area contributed by atoms with E-state index in [1.165, 1.54) is 18.4 Å². The molecule has 3 unspecified atom stereocenters. The molecule has 0 amide bonds. The van der Waals surface area contributed by atoms with Crippen molar-refractivity contribution < 1.29 is 0 Å². The van der Waals surface area contributed by atoms with Gasteiger partial charge < -0.3 is 5.32 Å². The van der Waals surface area contributed by atoms with Gasteiger partial charge in [0, 0.05) is 30.2 Å². The molecule has 1 N–H and O–H groups in total. The molecule has 1 heterocycles. The Morgan fingerprint density at radius 3 is 2.95 bits per heavy atom. The van der Waals surface area contributed by atoms with Gasteiger partial charge in [-0.3, -0.25) is 4.90 Å². The van der Waals surface area contributed by atoms with Crippen LogP contribution in [0.1, 0.15) is 39.2 Å². The van der Waals surface area contributed by atoms with E-state index < -0.39 is 0 Å². The van der Waals surface area contributed by atoms with Crippen LogP contribution in [0.3, 0.4) is 0 Å². The van der Waals surface area contributed by atoms with Crippen LogP contribution in [-0.4, -0.2) is 30.1 Å². The molecule has 1 aromatic carbocycles. The normalized spacial score (nSPS) is 26.2. The van der Waals surface area contributed by atoms with Crippen LogP contribution >= 0.6 is 11.6 Å². The zero-order valence-electron chi connectivity index (χ0n) is 12.9. The summed E-state index contributed by atoms with van der Waals surface area (Å²) >= 11 is 6.10. The second kappa shape index (κ2) is 7.44. The summed E-state index contributed by atoms with van der Waals surface area (Å²) in [7, 11) is 0. The standard InChI is InChI=1S/C17H27ClN2/c1-4-13(2)17-12-20(14(3)8-9-19-17)11-15-6-5-7-16(18)10-15/h5-7,10,13-14,17,19H,4,8-9,11-12H2,1-3H3. The van der Waals surface area contributed by atoms with Crippen LogP contribution in [0.15, 0.2) is 24.3 Å². The first-order valence-electron chi connectivity index (χ1n) is 7.82. The molecule has 0 bridgehead atoms. The molecule has 3 heteroatoms. The number of benzene rings is 1. The Morgan fingerprint density at radius 2 is 2.25 bits per heavy atom. The van der Waals surface area contributed by atoms with E-state index in [1.807, 2.05) is 12.1 Å². The average Bonchev–Trinajstić information content (AvgIpc) is 2.61. The SMILES string of the molecule is CCC(C)C1CN(Cc2cccc(Cl)c2)C(C)CCN1. The molecule has 1 saturated heterocycles. The molecule has 0 spiro atoms. The zero-order chi connectivity index (χ0) is 14.5. The summed E-state index contributed by atoms with van der Waals surface area (Å²) in [5, 5.41) is 4.56. The van der Waals surface area contributed by atoms with Gasteiger partial charge in [-0.1, -0.05) is 44.0 Å². The van der Waals surface area contributed by atoms with Crippen LogP contribution in [0.4, 0.5) is 0 Å². The van der Waals surface area contributed by atoms with Gasteiger partial charge in [0.1, 0.15) is 0 Å². The predicted molar refractivity (Wildman–Crippen MR) is 87.2 cm³/mol. The fraction of sp³-hybridized carbons (Fsp3) is 0.647. The maximum atomic E-state index is 6.10. The van der Waals surface area contributed by atoms with Gasteiger partial charge in [0.2, 0.25) is 0 Å². The topological polar surface area (TPSA) is 15.3 Å². The van der Waals surface area contributed by atoms with E-state index in [2.05, 4.69) is 43.1 Å². The van der Waals surface area contributed by atoms with E-state index in [4.69, 9.17) is 11.6 Å². The molecular formula is C17H27ClN2. The Morgan fingerprint density at radius 1 is 1.45 bits per heavy atom. The van der Waals surface area contributed by atoms with Gasteiger partial charge in [0.05, 0.1) is 0 Å². The smallest absolute Gasteiger partial charge is 0.0409 e. The number of halogens is 1. The van der Waals surface area contributed by atoms with E-state index >= 15 is 0 Å². The predicted octanol–water partition coefficient (Wildman–Crippen LogP) is 3.94. The van der Waals surface area contributed by atoms with Crippen molar-refractivity contribution in [3.63, 3.8) is 0 Å². The molecular weight excluding hydrogens is 268 g/mol. The molecule has 0 aromatic heterocycles. The molecule has 3 atom stereocenters. The summed E-state index contributed by atoms with van der Waals surface area (Å²) in [5.41, 5.74) is 1.31. The minimum Gasteiger partial charge on any atom is -0.312 e. The Balaban J connectivity index is 2.06. The number of nitrogens with zero attached hydrogens (tertiary/aromatic N) is 1. The minimum atomic E-state index is 0.601. The highest BCUT2D eigenvalue weighted by Crippen LogP contribution is 2.19. The van der Waals surface area contributed by atoms with Gasteiger partial charge in [-0.05, 0) is 43.5 Å². The Kier molecular flexibility index (Phi) is 5.88. The third kappa shape index (κ3) is 4.21. The average molecular weight is 295 g/mol. The van der Waals surface area contributed by atoms with Crippen molar-refractivity contribution in [1.82, 2.24) is 10.2 Å². The fourth-order valence-electron chi connectivity index (χ4n) is 2.91. The van der Waals surface area contributed by atoms with Gasteiger partial charge in [-0.25, -0.2) is 0 Å². The van der Waals surface area contributed by atoms with Gasteiger partial charge in [0.25, 0.3) is 0 Å². The van der Waals surface area contributed by atoms with Crippen molar-refractivity contribution in [3.8, 4) is 0 Å². The van der Waals surface area contributed by atoms with E-state index in [1.54, 1.807) is 0 Å². The van der Waals surface area contributed by atoms with Crippen molar-refractivity contribution in [2.24, 2.45) is 5.92 Å². The Hall–Kier alpha value is -0.570. The lowest BCUT2D eigenvalue weighted by atomic mass is 9.98. The van der Waals surface area contributed by atoms with E-state index in [0.717, 1.165) is 30.6 Å². The first-order valence-corrected chi connectivity index (χ1v) is 8.19. The van der Waals surface area contributed by atoms with Crippen LogP contribution in [0.5, 0.6) is 0 Å². The molecule has 20 heavy (non-hydrogen) atoms. The van der Waals surface area contributed by atoms with Crippen molar-refractivity contribution in [2.45, 2.75) is 52.2 Å². The lowest BCUT2D eigenvalue weighted by molar-refractivity contribution is 0.180. The van der Waals surface area contributed by atoms with Crippen LogP contribution < -0.4 is 5.32 Å². The quantitative estimate of drug-likeness (QED) is 0.905. The molecule has 112 valence electrons. The molecule has 2 nitrogen and oxygen atoms in total. The summed E-state index contributed by atoms with van der Waals surface area (Å²) in [6.07, 6.45) is 2.45. The Labute approximate surface area is 128 Å². The van der Waals surface area contributed by atoms with E-state index in [0.29, 0.717) is 12.1 Å². The van der Waals surface area contributed by atoms with Crippen molar-refractivity contribution in [3.05, 3.63) is 34.9 Å². The van der Waals surface area contributed by atoms with E-state index in [9.17, 15) is 0 Å². The van der Waals surface area contributed by atoms with Gasteiger partial charge in [-0.2, -0.15) is 0 Å². The lowest BCUT2D eigenvalue weighted by Gasteiger charge is -2.31. The second-order valence-corrected chi connectivity index (χ2v) is 6.58. The van der Waals surface area contributed by atoms with Crippen molar-refractivity contribution >= 4 is 11.6 Å². The van der Waals surface area contributed by atoms with Crippen molar-refractivity contribution in [1.29, 1.82) is 0 Å². The van der Waals surface area contributed by atoms with Crippen LogP contribution in [0, 0.1) is 5.92 Å². The molecule has 1 aromatic rings. The minimum absolute atomic E-state index is 0.601. The maximum absolute atomic E-state index is 6.10. The maximum Gasteiger partial charge on any atom is 0.0409 e. The summed E-state index contributed by atoms with van der Waals surface area (Å²) in [4.78, 5) is 2.60. The van der Waals surface area contributed by atoms with Gasteiger partial charge in [-0.15, -0.1) is 0 Å². The fourth-order valence-corrected chi connectivity index (χ4v) is 3.13. The molecule has 1 aliphatic heterocycles. The molecule has 1 aliphatic rings. The number of hydrogen-bond donors (Lipinski definition) is 1. The monoisotopic (exact) mass is 294 g/mol. The third-order valence-corrected chi connectivity index (χ3v) is 4.86. The van der Waals surface area contributed by atoms with Gasteiger partial charge >= 0.3 is 0 Å². The van der Waals surface area contributed by atoms with Crippen molar-refractivity contribution in [2.75, 3.05) is 13.1 Å². The van der Waals surface area contributed by atoms with Crippen LogP contribution in [-0.2, 0) is 6.54 Å². The summed E-state index contributed by atoms with van der Waals surface area (Å²) < 4.78 is 0. The highest BCUT2D eigenvalue weighted by molar-refractivity contribution is 6.30. The number of nitrogens with one attached hydrogen (secondary N) is 1. The first-order chi connectivity index (χ1) is 9.60. The summed E-state index contributed by atoms with van der Waals surface area (Å²) in [5.74, 6) is 0.724. The molecule has 2 rings (SSSR count).